The third kappa shape index (κ3) is 4.09. The predicted molar refractivity (Wildman–Crippen MR) is 101 cm³/mol. The molecule has 0 spiro atoms. The van der Waals surface area contributed by atoms with Crippen LogP contribution in [0.15, 0.2) is 60.7 Å². The first-order valence-corrected chi connectivity index (χ1v) is 9.61. The zero-order valence-electron chi connectivity index (χ0n) is 15.0. The molecule has 1 N–H and O–H groups in total. The molecule has 1 saturated heterocycles. The van der Waals surface area contributed by atoms with E-state index in [9.17, 15) is 5.11 Å². The Morgan fingerprint density at radius 3 is 2.27 bits per heavy atom. The highest BCUT2D eigenvalue weighted by molar-refractivity contribution is 5.21. The van der Waals surface area contributed by atoms with Gasteiger partial charge < -0.3 is 14.6 Å². The molecule has 1 saturated carbocycles. The summed E-state index contributed by atoms with van der Waals surface area (Å²) in [4.78, 5) is 2.47. The Labute approximate surface area is 155 Å². The van der Waals surface area contributed by atoms with Gasteiger partial charge in [0.05, 0.1) is 6.10 Å². The highest BCUT2D eigenvalue weighted by Gasteiger charge is 2.39. The Hall–Kier alpha value is -1.88. The minimum atomic E-state index is -0.137. The summed E-state index contributed by atoms with van der Waals surface area (Å²) >= 11 is 0. The third-order valence-electron chi connectivity index (χ3n) is 5.44. The molecule has 2 aromatic carbocycles. The molecule has 26 heavy (non-hydrogen) atoms. The second kappa shape index (κ2) is 8.21. The van der Waals surface area contributed by atoms with Crippen LogP contribution in [0.2, 0.25) is 0 Å². The molecule has 0 radical (unpaired) electrons. The van der Waals surface area contributed by atoms with Crippen LogP contribution in [0.1, 0.15) is 37.5 Å². The molecule has 1 aliphatic carbocycles. The number of hydrogen-bond donors (Lipinski definition) is 1. The zero-order chi connectivity index (χ0) is 17.8. The molecule has 0 aromatic heterocycles. The average molecular weight is 353 g/mol. The molecular weight excluding hydrogens is 326 g/mol. The van der Waals surface area contributed by atoms with Gasteiger partial charge in [-0.25, -0.2) is 0 Å². The predicted octanol–water partition coefficient (Wildman–Crippen LogP) is 3.77. The maximum atomic E-state index is 9.85. The van der Waals surface area contributed by atoms with Crippen molar-refractivity contribution in [1.82, 2.24) is 4.90 Å². The smallest absolute Gasteiger partial charge is 0.137 e. The lowest BCUT2D eigenvalue weighted by molar-refractivity contribution is -0.0370. The molecule has 138 valence electrons. The number of hydrogen-bond acceptors (Lipinski definition) is 4. The maximum Gasteiger partial charge on any atom is 0.137 e. The van der Waals surface area contributed by atoms with Crippen LogP contribution in [0.3, 0.4) is 0 Å². The highest BCUT2D eigenvalue weighted by Crippen LogP contribution is 2.36. The largest absolute Gasteiger partial charge is 0.491 e. The third-order valence-corrected chi connectivity index (χ3v) is 5.44. The van der Waals surface area contributed by atoms with Gasteiger partial charge in [-0.1, -0.05) is 48.5 Å². The summed E-state index contributed by atoms with van der Waals surface area (Å²) in [5.41, 5.74) is 1.20. The minimum Gasteiger partial charge on any atom is -0.491 e. The lowest BCUT2D eigenvalue weighted by Gasteiger charge is -2.35. The molecule has 2 unspecified atom stereocenters. The Kier molecular flexibility index (Phi) is 5.54. The van der Waals surface area contributed by atoms with Crippen molar-refractivity contribution in [3.63, 3.8) is 0 Å². The fourth-order valence-electron chi connectivity index (χ4n) is 4.05. The SMILES string of the molecule is OC1CCC(N2CC(COc3ccccc3)OC2c2ccccc2)CC1. The molecule has 0 amide bonds. The normalized spacial score (nSPS) is 29.6. The van der Waals surface area contributed by atoms with Gasteiger partial charge >= 0.3 is 0 Å². The van der Waals surface area contributed by atoms with Gasteiger partial charge in [0, 0.05) is 12.6 Å². The van der Waals surface area contributed by atoms with E-state index in [2.05, 4.69) is 29.2 Å². The Balaban J connectivity index is 1.45. The van der Waals surface area contributed by atoms with Gasteiger partial charge in [-0.15, -0.1) is 0 Å². The summed E-state index contributed by atoms with van der Waals surface area (Å²) < 4.78 is 12.3. The van der Waals surface area contributed by atoms with Crippen molar-refractivity contribution in [2.45, 2.75) is 50.2 Å². The molecule has 1 heterocycles. The topological polar surface area (TPSA) is 41.9 Å². The second-order valence-electron chi connectivity index (χ2n) is 7.30. The number of aliphatic hydroxyl groups excluding tert-OH is 1. The first-order valence-electron chi connectivity index (χ1n) is 9.61. The van der Waals surface area contributed by atoms with E-state index in [1.807, 2.05) is 36.4 Å². The average Bonchev–Trinajstić information content (AvgIpc) is 3.13. The van der Waals surface area contributed by atoms with Gasteiger partial charge in [-0.2, -0.15) is 0 Å². The van der Waals surface area contributed by atoms with Crippen molar-refractivity contribution in [3.8, 4) is 5.75 Å². The summed E-state index contributed by atoms with van der Waals surface area (Å²) in [5.74, 6) is 0.881. The molecule has 4 nitrogen and oxygen atoms in total. The van der Waals surface area contributed by atoms with Crippen LogP contribution in [0, 0.1) is 0 Å². The van der Waals surface area contributed by atoms with Crippen LogP contribution in [-0.2, 0) is 4.74 Å². The van der Waals surface area contributed by atoms with Crippen LogP contribution < -0.4 is 4.74 Å². The monoisotopic (exact) mass is 353 g/mol. The van der Waals surface area contributed by atoms with E-state index in [4.69, 9.17) is 9.47 Å². The summed E-state index contributed by atoms with van der Waals surface area (Å²) in [5, 5.41) is 9.85. The second-order valence-corrected chi connectivity index (χ2v) is 7.30. The summed E-state index contributed by atoms with van der Waals surface area (Å²) in [6.07, 6.45) is 3.71. The van der Waals surface area contributed by atoms with Crippen LogP contribution >= 0.6 is 0 Å². The molecule has 2 aromatic rings. The minimum absolute atomic E-state index is 0.0270. The maximum absolute atomic E-state index is 9.85. The Morgan fingerprint density at radius 1 is 0.923 bits per heavy atom. The van der Waals surface area contributed by atoms with Crippen molar-refractivity contribution in [3.05, 3.63) is 66.2 Å². The van der Waals surface area contributed by atoms with Crippen LogP contribution in [0.5, 0.6) is 5.75 Å². The fourth-order valence-corrected chi connectivity index (χ4v) is 4.05. The number of rotatable bonds is 5. The Morgan fingerprint density at radius 2 is 1.58 bits per heavy atom. The van der Waals surface area contributed by atoms with Crippen LogP contribution in [0.4, 0.5) is 0 Å². The lowest BCUT2D eigenvalue weighted by Crippen LogP contribution is -2.39. The molecule has 1 aliphatic heterocycles. The van der Waals surface area contributed by atoms with E-state index in [1.165, 1.54) is 5.56 Å². The zero-order valence-corrected chi connectivity index (χ0v) is 15.0. The molecule has 2 atom stereocenters. The van der Waals surface area contributed by atoms with E-state index in [0.29, 0.717) is 12.6 Å². The van der Waals surface area contributed by atoms with Crippen molar-refractivity contribution in [2.24, 2.45) is 0 Å². The van der Waals surface area contributed by atoms with Crippen molar-refractivity contribution in [2.75, 3.05) is 13.2 Å². The van der Waals surface area contributed by atoms with E-state index in [0.717, 1.165) is 38.0 Å². The molecule has 4 rings (SSSR count). The van der Waals surface area contributed by atoms with Gasteiger partial charge in [-0.3, -0.25) is 4.90 Å². The van der Waals surface area contributed by atoms with E-state index < -0.39 is 0 Å². The highest BCUT2D eigenvalue weighted by atomic mass is 16.6. The van der Waals surface area contributed by atoms with Crippen molar-refractivity contribution >= 4 is 0 Å². The Bertz CT molecular complexity index is 670. The number of ether oxygens (including phenoxy) is 2. The molecule has 2 aliphatic rings. The first kappa shape index (κ1) is 17.5. The molecule has 4 heteroatoms. The van der Waals surface area contributed by atoms with Gasteiger partial charge in [0.25, 0.3) is 0 Å². The summed E-state index contributed by atoms with van der Waals surface area (Å²) in [7, 11) is 0. The molecule has 2 fully saturated rings. The summed E-state index contributed by atoms with van der Waals surface area (Å²) in [6.45, 7) is 1.42. The van der Waals surface area contributed by atoms with Gasteiger partial charge in [-0.05, 0) is 43.4 Å². The standard InChI is InChI=1S/C22H27NO3/c24-19-13-11-18(12-14-19)23-15-21(16-25-20-9-5-2-6-10-20)26-22(23)17-7-3-1-4-8-17/h1-10,18-19,21-22,24H,11-16H2. The first-order chi connectivity index (χ1) is 12.8. The van der Waals surface area contributed by atoms with E-state index >= 15 is 0 Å². The van der Waals surface area contributed by atoms with Gasteiger partial charge in [0.1, 0.15) is 24.7 Å². The van der Waals surface area contributed by atoms with E-state index in [1.54, 1.807) is 0 Å². The lowest BCUT2D eigenvalue weighted by atomic mass is 9.91. The van der Waals surface area contributed by atoms with Crippen molar-refractivity contribution in [1.29, 1.82) is 0 Å². The summed E-state index contributed by atoms with van der Waals surface area (Å²) in [6, 6.07) is 20.8. The van der Waals surface area contributed by atoms with Gasteiger partial charge in [0.15, 0.2) is 0 Å². The fraction of sp³-hybridized carbons (Fsp3) is 0.455. The van der Waals surface area contributed by atoms with Crippen LogP contribution in [0.25, 0.3) is 0 Å². The quantitative estimate of drug-likeness (QED) is 0.888. The van der Waals surface area contributed by atoms with Crippen molar-refractivity contribution < 1.29 is 14.6 Å². The molecule has 0 bridgehead atoms. The number of nitrogens with zero attached hydrogens (tertiary/aromatic N) is 1. The van der Waals surface area contributed by atoms with E-state index in [-0.39, 0.29) is 18.4 Å². The van der Waals surface area contributed by atoms with Crippen LogP contribution in [-0.4, -0.2) is 41.4 Å². The molecular formula is C22H27NO3. The van der Waals surface area contributed by atoms with Gasteiger partial charge in [0.2, 0.25) is 0 Å². The number of para-hydroxylation sites is 1. The number of benzene rings is 2. The number of aliphatic hydroxyl groups is 1.